The van der Waals surface area contributed by atoms with Gasteiger partial charge in [-0.2, -0.15) is 0 Å². The molecule has 0 spiro atoms. The molecule has 1 rings (SSSR count). The van der Waals surface area contributed by atoms with Crippen molar-refractivity contribution in [3.05, 3.63) is 29.3 Å². The van der Waals surface area contributed by atoms with Crippen LogP contribution >= 0.6 is 0 Å². The quantitative estimate of drug-likeness (QED) is 0.295. The Morgan fingerprint density at radius 3 is 1.83 bits per heavy atom. The van der Waals surface area contributed by atoms with Crippen LogP contribution in [0.3, 0.4) is 0 Å². The van der Waals surface area contributed by atoms with Gasteiger partial charge in [-0.3, -0.25) is 14.4 Å². The zero-order chi connectivity index (χ0) is 21.6. The molecule has 9 heteroatoms. The molecule has 9 nitrogen and oxygen atoms in total. The second kappa shape index (κ2) is 13.6. The van der Waals surface area contributed by atoms with Crippen molar-refractivity contribution in [2.45, 2.75) is 25.7 Å². The number of amides is 3. The van der Waals surface area contributed by atoms with E-state index in [0.29, 0.717) is 68.7 Å². The number of benzene rings is 1. The Kier molecular flexibility index (Phi) is 11.6. The van der Waals surface area contributed by atoms with Gasteiger partial charge in [-0.05, 0) is 71.2 Å². The van der Waals surface area contributed by atoms with Gasteiger partial charge in [0.15, 0.2) is 0 Å². The van der Waals surface area contributed by atoms with E-state index in [1.807, 2.05) is 19.0 Å². The molecule has 0 radical (unpaired) electrons. The lowest BCUT2D eigenvalue weighted by Gasteiger charge is -2.12. The molecule has 3 amide bonds. The molecule has 0 aliphatic rings. The summed E-state index contributed by atoms with van der Waals surface area (Å²) in [7, 11) is 3.89. The molecule has 0 aliphatic heterocycles. The third-order valence-corrected chi connectivity index (χ3v) is 4.08. The van der Waals surface area contributed by atoms with E-state index >= 15 is 0 Å². The average Bonchev–Trinajstić information content (AvgIpc) is 2.67. The molecule has 0 aliphatic carbocycles. The molecule has 7 N–H and O–H groups in total. The summed E-state index contributed by atoms with van der Waals surface area (Å²) in [6.07, 6.45) is 2.37. The lowest BCUT2D eigenvalue weighted by atomic mass is 10.1. The maximum Gasteiger partial charge on any atom is 0.251 e. The first-order chi connectivity index (χ1) is 13.9. The first kappa shape index (κ1) is 24.5. The third kappa shape index (κ3) is 10.0. The van der Waals surface area contributed by atoms with Gasteiger partial charge in [0.1, 0.15) is 0 Å². The number of nitrogens with one attached hydrogen (secondary N) is 3. The molecular weight excluding hydrogens is 372 g/mol. The number of nitrogens with two attached hydrogens (primary N) is 2. The van der Waals surface area contributed by atoms with Crippen molar-refractivity contribution >= 4 is 23.4 Å². The van der Waals surface area contributed by atoms with Crippen molar-refractivity contribution < 1.29 is 14.4 Å². The van der Waals surface area contributed by atoms with Crippen molar-refractivity contribution in [2.75, 3.05) is 52.1 Å². The van der Waals surface area contributed by atoms with Crippen LogP contribution in [0, 0.1) is 0 Å². The molecule has 0 saturated carbocycles. The van der Waals surface area contributed by atoms with Gasteiger partial charge in [0.25, 0.3) is 11.8 Å². The highest BCUT2D eigenvalue weighted by molar-refractivity contribution is 6.02. The Morgan fingerprint density at radius 1 is 0.862 bits per heavy atom. The highest BCUT2D eigenvalue weighted by Crippen LogP contribution is 2.16. The highest BCUT2D eigenvalue weighted by atomic mass is 16.2. The maximum absolute atomic E-state index is 12.4. The Morgan fingerprint density at radius 2 is 1.38 bits per heavy atom. The molecule has 0 fully saturated rings. The van der Waals surface area contributed by atoms with E-state index in [9.17, 15) is 14.4 Å². The third-order valence-electron chi connectivity index (χ3n) is 4.08. The fraction of sp³-hybridized carbons (Fsp3) is 0.550. The monoisotopic (exact) mass is 406 g/mol. The SMILES string of the molecule is CN(C)CCCC(=O)Nc1cc(C(=O)NCCCN)cc(C(=O)NCCCN)c1. The van der Waals surface area contributed by atoms with Gasteiger partial charge in [-0.25, -0.2) is 0 Å². The minimum Gasteiger partial charge on any atom is -0.352 e. The molecule has 0 saturated heterocycles. The average molecular weight is 407 g/mol. The van der Waals surface area contributed by atoms with E-state index < -0.39 is 0 Å². The molecule has 1 aromatic carbocycles. The van der Waals surface area contributed by atoms with Crippen LogP contribution < -0.4 is 27.4 Å². The minimum absolute atomic E-state index is 0.165. The van der Waals surface area contributed by atoms with Crippen molar-refractivity contribution in [3.63, 3.8) is 0 Å². The van der Waals surface area contributed by atoms with E-state index in [4.69, 9.17) is 11.5 Å². The topological polar surface area (TPSA) is 143 Å². The van der Waals surface area contributed by atoms with Crippen LogP contribution in [0.25, 0.3) is 0 Å². The van der Waals surface area contributed by atoms with Gasteiger partial charge >= 0.3 is 0 Å². The van der Waals surface area contributed by atoms with E-state index in [1.165, 1.54) is 6.07 Å². The largest absolute Gasteiger partial charge is 0.352 e. The van der Waals surface area contributed by atoms with Crippen LogP contribution in [0.15, 0.2) is 18.2 Å². The summed E-state index contributed by atoms with van der Waals surface area (Å²) in [5.41, 5.74) is 11.9. The van der Waals surface area contributed by atoms with Crippen LogP contribution in [0.4, 0.5) is 5.69 Å². The Bertz CT molecular complexity index is 638. The van der Waals surface area contributed by atoms with Crippen LogP contribution in [0.5, 0.6) is 0 Å². The van der Waals surface area contributed by atoms with E-state index in [2.05, 4.69) is 16.0 Å². The molecule has 1 aromatic rings. The minimum atomic E-state index is -0.321. The van der Waals surface area contributed by atoms with Gasteiger partial charge in [-0.1, -0.05) is 0 Å². The van der Waals surface area contributed by atoms with Crippen LogP contribution in [-0.4, -0.2) is 69.4 Å². The van der Waals surface area contributed by atoms with Gasteiger partial charge < -0.3 is 32.3 Å². The fourth-order valence-corrected chi connectivity index (χ4v) is 2.55. The summed E-state index contributed by atoms with van der Waals surface area (Å²) in [6.45, 7) is 2.62. The Labute approximate surface area is 172 Å². The molecule has 29 heavy (non-hydrogen) atoms. The summed E-state index contributed by atoms with van der Waals surface area (Å²) in [5.74, 6) is -0.807. The first-order valence-corrected chi connectivity index (χ1v) is 9.93. The smallest absolute Gasteiger partial charge is 0.251 e. The summed E-state index contributed by atoms with van der Waals surface area (Å²) in [4.78, 5) is 39.1. The summed E-state index contributed by atoms with van der Waals surface area (Å²) in [6, 6.07) is 4.65. The fourth-order valence-electron chi connectivity index (χ4n) is 2.55. The lowest BCUT2D eigenvalue weighted by molar-refractivity contribution is -0.116. The number of rotatable bonds is 13. The van der Waals surface area contributed by atoms with E-state index in [1.54, 1.807) is 12.1 Å². The standard InChI is InChI=1S/C20H34N6O3/c1-26(2)11-3-6-18(27)25-17-13-15(19(28)23-9-4-7-21)12-16(14-17)20(29)24-10-5-8-22/h12-14H,3-11,21-22H2,1-2H3,(H,23,28)(H,24,29)(H,25,27). The predicted molar refractivity (Wildman–Crippen MR) is 115 cm³/mol. The van der Waals surface area contributed by atoms with Crippen LogP contribution in [-0.2, 0) is 4.79 Å². The molecule has 0 heterocycles. The van der Waals surface area contributed by atoms with E-state index in [0.717, 1.165) is 6.54 Å². The number of hydrogen-bond acceptors (Lipinski definition) is 6. The lowest BCUT2D eigenvalue weighted by Crippen LogP contribution is -2.28. The Balaban J connectivity index is 2.92. The van der Waals surface area contributed by atoms with Gasteiger partial charge in [0, 0.05) is 36.3 Å². The number of carbonyl (C=O) groups excluding carboxylic acids is 3. The number of carbonyl (C=O) groups is 3. The van der Waals surface area contributed by atoms with Crippen LogP contribution in [0.2, 0.25) is 0 Å². The molecule has 0 atom stereocenters. The zero-order valence-electron chi connectivity index (χ0n) is 17.4. The van der Waals surface area contributed by atoms with Gasteiger partial charge in [-0.15, -0.1) is 0 Å². The normalized spacial score (nSPS) is 10.7. The Hall–Kier alpha value is -2.49. The number of hydrogen-bond donors (Lipinski definition) is 5. The number of anilines is 1. The van der Waals surface area contributed by atoms with Crippen LogP contribution in [0.1, 0.15) is 46.4 Å². The maximum atomic E-state index is 12.4. The van der Waals surface area contributed by atoms with Gasteiger partial charge in [0.05, 0.1) is 0 Å². The summed E-state index contributed by atoms with van der Waals surface area (Å²) in [5, 5.41) is 8.30. The highest BCUT2D eigenvalue weighted by Gasteiger charge is 2.14. The summed E-state index contributed by atoms with van der Waals surface area (Å²) < 4.78 is 0. The zero-order valence-corrected chi connectivity index (χ0v) is 17.4. The van der Waals surface area contributed by atoms with Crippen molar-refractivity contribution in [2.24, 2.45) is 11.5 Å². The number of nitrogens with zero attached hydrogens (tertiary/aromatic N) is 1. The van der Waals surface area contributed by atoms with E-state index in [-0.39, 0.29) is 17.7 Å². The molecular formula is C20H34N6O3. The molecule has 0 bridgehead atoms. The van der Waals surface area contributed by atoms with Crippen molar-refractivity contribution in [3.8, 4) is 0 Å². The van der Waals surface area contributed by atoms with Gasteiger partial charge in [0.2, 0.25) is 5.91 Å². The molecule has 0 aromatic heterocycles. The van der Waals surface area contributed by atoms with Crippen molar-refractivity contribution in [1.29, 1.82) is 0 Å². The van der Waals surface area contributed by atoms with Crippen molar-refractivity contribution in [1.82, 2.24) is 15.5 Å². The molecule has 0 unspecified atom stereocenters. The predicted octanol–water partition coefficient (Wildman–Crippen LogP) is 0.124. The second-order valence-electron chi connectivity index (χ2n) is 7.05. The second-order valence-corrected chi connectivity index (χ2v) is 7.05. The summed E-state index contributed by atoms with van der Waals surface area (Å²) >= 11 is 0. The first-order valence-electron chi connectivity index (χ1n) is 9.93. The molecule has 162 valence electrons.